The van der Waals surface area contributed by atoms with Gasteiger partial charge in [-0.25, -0.2) is 4.39 Å². The lowest BCUT2D eigenvalue weighted by molar-refractivity contribution is 0.0996. The first-order valence-electron chi connectivity index (χ1n) is 8.24. The number of benzene rings is 3. The zero-order chi connectivity index (χ0) is 18.7. The summed E-state index contributed by atoms with van der Waals surface area (Å²) in [6.45, 7) is 3.77. The molecule has 0 saturated carbocycles. The van der Waals surface area contributed by atoms with Crippen molar-refractivity contribution in [3.63, 3.8) is 0 Å². The first-order chi connectivity index (χ1) is 12.5. The van der Waals surface area contributed by atoms with Crippen LogP contribution in [-0.2, 0) is 0 Å². The van der Waals surface area contributed by atoms with Crippen LogP contribution in [-0.4, -0.2) is 11.7 Å². The molecule has 0 spiro atoms. The number of aryl methyl sites for hydroxylation is 2. The third-order valence-electron chi connectivity index (χ3n) is 4.18. The highest BCUT2D eigenvalue weighted by molar-refractivity contribution is 6.18. The molecule has 0 heterocycles. The third kappa shape index (κ3) is 3.54. The van der Waals surface area contributed by atoms with Crippen LogP contribution in [0.15, 0.2) is 66.7 Å². The zero-order valence-electron chi connectivity index (χ0n) is 14.5. The molecule has 3 aromatic carbocycles. The van der Waals surface area contributed by atoms with Gasteiger partial charge < -0.3 is 5.32 Å². The molecule has 0 unspecified atom stereocenters. The van der Waals surface area contributed by atoms with Crippen molar-refractivity contribution in [1.29, 1.82) is 0 Å². The molecule has 130 valence electrons. The summed E-state index contributed by atoms with van der Waals surface area (Å²) in [5, 5.41) is 2.53. The molecule has 3 nitrogen and oxygen atoms in total. The largest absolute Gasteiger partial charge is 0.319 e. The molecule has 0 radical (unpaired) electrons. The number of carbonyl (C=O) groups excluding carboxylic acids is 2. The molecule has 4 heteroatoms. The lowest BCUT2D eigenvalue weighted by Crippen LogP contribution is -2.18. The van der Waals surface area contributed by atoms with Crippen LogP contribution in [0.4, 0.5) is 10.1 Å². The quantitative estimate of drug-likeness (QED) is 0.681. The van der Waals surface area contributed by atoms with Gasteiger partial charge >= 0.3 is 0 Å². The van der Waals surface area contributed by atoms with E-state index in [-0.39, 0.29) is 22.6 Å². The molecular formula is C22H18FNO2. The van der Waals surface area contributed by atoms with Gasteiger partial charge in [0, 0.05) is 11.1 Å². The number of amides is 1. The van der Waals surface area contributed by atoms with Crippen molar-refractivity contribution < 1.29 is 14.0 Å². The Bertz CT molecular complexity index is 995. The van der Waals surface area contributed by atoms with Gasteiger partial charge in [0.1, 0.15) is 5.82 Å². The first-order valence-corrected chi connectivity index (χ1v) is 8.24. The molecular weight excluding hydrogens is 329 g/mol. The smallest absolute Gasteiger partial charge is 0.256 e. The van der Waals surface area contributed by atoms with Crippen LogP contribution >= 0.6 is 0 Å². The van der Waals surface area contributed by atoms with E-state index in [1.807, 2.05) is 32.0 Å². The van der Waals surface area contributed by atoms with Gasteiger partial charge in [-0.3, -0.25) is 9.59 Å². The van der Waals surface area contributed by atoms with Crippen molar-refractivity contribution >= 4 is 17.4 Å². The second kappa shape index (κ2) is 7.31. The number of nitrogens with one attached hydrogen (secondary N) is 1. The standard InChI is InChI=1S/C22H18FNO2/c1-14-11-12-15(2)18(13-14)21(25)16-7-3-4-8-17(16)22(26)24-20-10-6-5-9-19(20)23/h3-13H,1-2H3,(H,24,26). The predicted molar refractivity (Wildman–Crippen MR) is 100 cm³/mol. The van der Waals surface area contributed by atoms with E-state index in [0.29, 0.717) is 5.56 Å². The zero-order valence-corrected chi connectivity index (χ0v) is 14.5. The summed E-state index contributed by atoms with van der Waals surface area (Å²) < 4.78 is 13.8. The van der Waals surface area contributed by atoms with Gasteiger partial charge in [-0.15, -0.1) is 0 Å². The fourth-order valence-corrected chi connectivity index (χ4v) is 2.76. The first kappa shape index (κ1) is 17.5. The van der Waals surface area contributed by atoms with Gasteiger partial charge in [0.25, 0.3) is 5.91 Å². The van der Waals surface area contributed by atoms with E-state index in [0.717, 1.165) is 11.1 Å². The maximum Gasteiger partial charge on any atom is 0.256 e. The Balaban J connectivity index is 1.98. The molecule has 0 aromatic heterocycles. The maximum atomic E-state index is 13.8. The second-order valence-electron chi connectivity index (χ2n) is 6.13. The monoisotopic (exact) mass is 347 g/mol. The number of halogens is 1. The van der Waals surface area contributed by atoms with Gasteiger partial charge in [0.2, 0.25) is 0 Å². The summed E-state index contributed by atoms with van der Waals surface area (Å²) >= 11 is 0. The van der Waals surface area contributed by atoms with E-state index in [4.69, 9.17) is 0 Å². The van der Waals surface area contributed by atoms with E-state index in [9.17, 15) is 14.0 Å². The molecule has 1 N–H and O–H groups in total. The van der Waals surface area contributed by atoms with E-state index >= 15 is 0 Å². The Labute approximate surface area is 151 Å². The molecule has 3 aromatic rings. The van der Waals surface area contributed by atoms with E-state index in [2.05, 4.69) is 5.32 Å². The van der Waals surface area contributed by atoms with Crippen molar-refractivity contribution in [3.8, 4) is 0 Å². The van der Waals surface area contributed by atoms with Gasteiger partial charge in [0.05, 0.1) is 11.3 Å². The minimum Gasteiger partial charge on any atom is -0.319 e. The van der Waals surface area contributed by atoms with Crippen molar-refractivity contribution in [2.24, 2.45) is 0 Å². The Morgan fingerprint density at radius 2 is 1.46 bits per heavy atom. The van der Waals surface area contributed by atoms with Crippen LogP contribution in [0.2, 0.25) is 0 Å². The predicted octanol–water partition coefficient (Wildman–Crippen LogP) is 4.93. The molecule has 26 heavy (non-hydrogen) atoms. The second-order valence-corrected chi connectivity index (χ2v) is 6.13. The molecule has 0 atom stereocenters. The maximum absolute atomic E-state index is 13.8. The number of hydrogen-bond donors (Lipinski definition) is 1. The summed E-state index contributed by atoms with van der Waals surface area (Å²) in [5.41, 5.74) is 2.93. The average molecular weight is 347 g/mol. The Kier molecular flexibility index (Phi) is 4.94. The van der Waals surface area contributed by atoms with E-state index in [1.165, 1.54) is 12.1 Å². The van der Waals surface area contributed by atoms with Crippen LogP contribution in [0, 0.1) is 19.7 Å². The molecule has 1 amide bonds. The van der Waals surface area contributed by atoms with Crippen LogP contribution < -0.4 is 5.32 Å². The molecule has 0 aliphatic carbocycles. The van der Waals surface area contributed by atoms with Crippen LogP contribution in [0.3, 0.4) is 0 Å². The number of carbonyl (C=O) groups is 2. The highest BCUT2D eigenvalue weighted by Gasteiger charge is 2.20. The minimum atomic E-state index is -0.529. The van der Waals surface area contributed by atoms with Crippen molar-refractivity contribution in [1.82, 2.24) is 0 Å². The minimum absolute atomic E-state index is 0.0755. The lowest BCUT2D eigenvalue weighted by atomic mass is 9.94. The SMILES string of the molecule is Cc1ccc(C)c(C(=O)c2ccccc2C(=O)Nc2ccccc2F)c1. The lowest BCUT2D eigenvalue weighted by Gasteiger charge is -2.12. The highest BCUT2D eigenvalue weighted by Crippen LogP contribution is 2.21. The topological polar surface area (TPSA) is 46.2 Å². The van der Waals surface area contributed by atoms with E-state index < -0.39 is 11.7 Å². The Hall–Kier alpha value is -3.27. The summed E-state index contributed by atoms with van der Waals surface area (Å²) in [4.78, 5) is 25.7. The van der Waals surface area contributed by atoms with Gasteiger partial charge in [0.15, 0.2) is 5.78 Å². The molecule has 0 bridgehead atoms. The molecule has 0 aliphatic rings. The summed E-state index contributed by atoms with van der Waals surface area (Å²) in [6.07, 6.45) is 0. The van der Waals surface area contributed by atoms with Gasteiger partial charge in [-0.1, -0.05) is 48.0 Å². The van der Waals surface area contributed by atoms with Gasteiger partial charge in [-0.2, -0.15) is 0 Å². The molecule has 3 rings (SSSR count). The Morgan fingerprint density at radius 1 is 0.808 bits per heavy atom. The van der Waals surface area contributed by atoms with Gasteiger partial charge in [-0.05, 0) is 43.7 Å². The summed E-state index contributed by atoms with van der Waals surface area (Å²) in [5.74, 6) is -1.28. The van der Waals surface area contributed by atoms with E-state index in [1.54, 1.807) is 36.4 Å². The summed E-state index contributed by atoms with van der Waals surface area (Å²) in [7, 11) is 0. The van der Waals surface area contributed by atoms with Crippen molar-refractivity contribution in [2.45, 2.75) is 13.8 Å². The number of anilines is 1. The van der Waals surface area contributed by atoms with Crippen molar-refractivity contribution in [3.05, 3.63) is 100 Å². The highest BCUT2D eigenvalue weighted by atomic mass is 19.1. The third-order valence-corrected chi connectivity index (χ3v) is 4.18. The molecule has 0 fully saturated rings. The number of ketones is 1. The van der Waals surface area contributed by atoms with Crippen LogP contribution in [0.1, 0.15) is 37.4 Å². The fourth-order valence-electron chi connectivity index (χ4n) is 2.76. The number of para-hydroxylation sites is 1. The summed E-state index contributed by atoms with van der Waals surface area (Å²) in [6, 6.07) is 18.1. The van der Waals surface area contributed by atoms with Crippen LogP contribution in [0.5, 0.6) is 0 Å². The molecule has 0 aliphatic heterocycles. The fraction of sp³-hybridized carbons (Fsp3) is 0.0909. The van der Waals surface area contributed by atoms with Crippen LogP contribution in [0.25, 0.3) is 0 Å². The van der Waals surface area contributed by atoms with Crippen molar-refractivity contribution in [2.75, 3.05) is 5.32 Å². The molecule has 0 saturated heterocycles. The average Bonchev–Trinajstić information content (AvgIpc) is 2.65. The number of hydrogen-bond acceptors (Lipinski definition) is 2. The normalized spacial score (nSPS) is 10.4. The number of rotatable bonds is 4. The Morgan fingerprint density at radius 3 is 2.19 bits per heavy atom.